The fraction of sp³-hybridized carbons (Fsp3) is 0.625. The van der Waals surface area contributed by atoms with Crippen molar-refractivity contribution in [2.75, 3.05) is 47.5 Å². The number of urea groups is 1. The minimum atomic E-state index is -0.556. The zero-order valence-corrected chi connectivity index (χ0v) is 20.7. The van der Waals surface area contributed by atoms with E-state index in [1.807, 2.05) is 24.3 Å². The first-order chi connectivity index (χ1) is 16.4. The third-order valence-electron chi connectivity index (χ3n) is 6.36. The molecule has 1 aromatic carbocycles. The second-order valence-corrected chi connectivity index (χ2v) is 8.74. The molecular weight excluding hydrogens is 438 g/mol. The largest absolute Gasteiger partial charge is 0.497 e. The molecule has 188 valence electrons. The fourth-order valence-corrected chi connectivity index (χ4v) is 4.58. The van der Waals surface area contributed by atoms with Crippen molar-refractivity contribution in [3.05, 3.63) is 29.8 Å². The van der Waals surface area contributed by atoms with Crippen LogP contribution in [0.5, 0.6) is 5.75 Å². The molecule has 2 fully saturated rings. The number of hydrogen-bond acceptors (Lipinski definition) is 6. The van der Waals surface area contributed by atoms with Gasteiger partial charge in [0, 0.05) is 33.9 Å². The Balaban J connectivity index is 1.79. The van der Waals surface area contributed by atoms with Crippen molar-refractivity contribution < 1.29 is 23.9 Å². The predicted octanol–water partition coefficient (Wildman–Crippen LogP) is 1.66. The van der Waals surface area contributed by atoms with Gasteiger partial charge < -0.3 is 24.6 Å². The van der Waals surface area contributed by atoms with Gasteiger partial charge in [0.2, 0.25) is 11.8 Å². The number of hydrogen-bond donors (Lipinski definition) is 1. The maximum absolute atomic E-state index is 13.3. The van der Waals surface area contributed by atoms with Gasteiger partial charge >= 0.3 is 6.03 Å². The summed E-state index contributed by atoms with van der Waals surface area (Å²) >= 11 is 0. The van der Waals surface area contributed by atoms with Gasteiger partial charge in [-0.2, -0.15) is 0 Å². The number of ether oxygens (including phenoxy) is 2. The van der Waals surface area contributed by atoms with Crippen LogP contribution in [0.15, 0.2) is 24.3 Å². The van der Waals surface area contributed by atoms with Crippen molar-refractivity contribution in [1.82, 2.24) is 25.1 Å². The summed E-state index contributed by atoms with van der Waals surface area (Å²) in [5.41, 5.74) is 0.933. The van der Waals surface area contributed by atoms with E-state index in [1.165, 1.54) is 0 Å². The number of carbonyl (C=O) groups excluding carboxylic acids is 3. The molecule has 10 nitrogen and oxygen atoms in total. The molecule has 0 bridgehead atoms. The van der Waals surface area contributed by atoms with Gasteiger partial charge in [0.1, 0.15) is 18.0 Å². The number of nitrogens with zero attached hydrogens (tertiary/aromatic N) is 4. The average molecular weight is 476 g/mol. The maximum Gasteiger partial charge on any atom is 0.334 e. The van der Waals surface area contributed by atoms with E-state index in [1.54, 1.807) is 41.1 Å². The minimum absolute atomic E-state index is 0.0442. The van der Waals surface area contributed by atoms with Crippen LogP contribution in [0.3, 0.4) is 0 Å². The number of nitrogens with one attached hydrogen (secondary N) is 1. The standard InChI is InChI=1S/C24H37N5O5/c1-5-6-8-20-23(31)27(13-7-14-33-3)16-21-28(20)22(30)17-26(2)29(21)24(32)25-15-18-9-11-19(34-4)12-10-18/h9-12,20-21H,5-8,13-17H2,1-4H3,(H,25,32)/t20-,21?/m0/s1. The molecule has 34 heavy (non-hydrogen) atoms. The van der Waals surface area contributed by atoms with Gasteiger partial charge in [-0.25, -0.2) is 14.8 Å². The Bertz CT molecular complexity index is 849. The number of likely N-dealkylation sites (N-methyl/N-ethyl adjacent to an activating group) is 1. The van der Waals surface area contributed by atoms with E-state index in [0.29, 0.717) is 32.5 Å². The highest BCUT2D eigenvalue weighted by atomic mass is 16.5. The van der Waals surface area contributed by atoms with Crippen LogP contribution in [0, 0.1) is 0 Å². The van der Waals surface area contributed by atoms with Gasteiger partial charge in [0.05, 0.1) is 20.2 Å². The smallest absolute Gasteiger partial charge is 0.334 e. The highest BCUT2D eigenvalue weighted by Gasteiger charge is 2.50. The lowest BCUT2D eigenvalue weighted by molar-refractivity contribution is -0.187. The molecule has 0 radical (unpaired) electrons. The van der Waals surface area contributed by atoms with Gasteiger partial charge in [-0.1, -0.05) is 31.9 Å². The Morgan fingerprint density at radius 1 is 1.15 bits per heavy atom. The van der Waals surface area contributed by atoms with Gasteiger partial charge in [0.25, 0.3) is 0 Å². The molecule has 2 heterocycles. The Hall–Kier alpha value is -2.85. The molecule has 0 spiro atoms. The van der Waals surface area contributed by atoms with Gasteiger partial charge in [-0.05, 0) is 30.5 Å². The number of benzene rings is 1. The topological polar surface area (TPSA) is 94.7 Å². The molecule has 2 atom stereocenters. The molecule has 0 aromatic heterocycles. The number of fused-ring (bicyclic) bond motifs is 1. The summed E-state index contributed by atoms with van der Waals surface area (Å²) in [6.45, 7) is 3.79. The second kappa shape index (κ2) is 12.0. The summed E-state index contributed by atoms with van der Waals surface area (Å²) in [6.07, 6.45) is 2.49. The zero-order valence-electron chi connectivity index (χ0n) is 20.7. The van der Waals surface area contributed by atoms with Gasteiger partial charge in [-0.15, -0.1) is 0 Å². The quantitative estimate of drug-likeness (QED) is 0.517. The van der Waals surface area contributed by atoms with Crippen molar-refractivity contribution >= 4 is 17.8 Å². The Kier molecular flexibility index (Phi) is 9.12. The summed E-state index contributed by atoms with van der Waals surface area (Å²) in [5.74, 6) is 0.577. The molecule has 0 saturated carbocycles. The van der Waals surface area contributed by atoms with Crippen molar-refractivity contribution in [3.8, 4) is 5.75 Å². The Labute approximate surface area is 201 Å². The molecule has 3 rings (SSSR count). The number of rotatable bonds is 10. The zero-order chi connectivity index (χ0) is 24.7. The number of carbonyl (C=O) groups is 3. The number of unbranched alkanes of at least 4 members (excludes halogenated alkanes) is 1. The van der Waals surface area contributed by atoms with Crippen LogP contribution in [0.2, 0.25) is 0 Å². The molecular formula is C24H37N5O5. The highest BCUT2D eigenvalue weighted by molar-refractivity contribution is 5.91. The summed E-state index contributed by atoms with van der Waals surface area (Å²) in [7, 11) is 4.97. The van der Waals surface area contributed by atoms with E-state index < -0.39 is 12.2 Å². The Morgan fingerprint density at radius 2 is 1.88 bits per heavy atom. The number of amides is 4. The highest BCUT2D eigenvalue weighted by Crippen LogP contribution is 2.28. The lowest BCUT2D eigenvalue weighted by Crippen LogP contribution is -2.76. The summed E-state index contributed by atoms with van der Waals surface area (Å²) < 4.78 is 10.3. The van der Waals surface area contributed by atoms with E-state index in [-0.39, 0.29) is 30.9 Å². The van der Waals surface area contributed by atoms with Crippen molar-refractivity contribution in [3.63, 3.8) is 0 Å². The van der Waals surface area contributed by atoms with Crippen LogP contribution in [0.4, 0.5) is 4.79 Å². The van der Waals surface area contributed by atoms with E-state index in [2.05, 4.69) is 12.2 Å². The van der Waals surface area contributed by atoms with Crippen LogP contribution in [-0.2, 0) is 20.9 Å². The molecule has 1 aromatic rings. The van der Waals surface area contributed by atoms with Crippen molar-refractivity contribution in [1.29, 1.82) is 0 Å². The third kappa shape index (κ3) is 5.79. The molecule has 2 aliphatic heterocycles. The van der Waals surface area contributed by atoms with E-state index in [9.17, 15) is 14.4 Å². The average Bonchev–Trinajstić information content (AvgIpc) is 2.83. The van der Waals surface area contributed by atoms with Crippen LogP contribution >= 0.6 is 0 Å². The first kappa shape index (κ1) is 25.8. The molecule has 2 saturated heterocycles. The van der Waals surface area contributed by atoms with E-state index in [4.69, 9.17) is 9.47 Å². The molecule has 4 amide bonds. The molecule has 2 aliphatic rings. The van der Waals surface area contributed by atoms with Crippen LogP contribution in [0.25, 0.3) is 0 Å². The number of methoxy groups -OCH3 is 2. The van der Waals surface area contributed by atoms with Crippen LogP contribution in [-0.4, -0.2) is 97.4 Å². The van der Waals surface area contributed by atoms with Crippen LogP contribution in [0.1, 0.15) is 38.2 Å². The van der Waals surface area contributed by atoms with E-state index >= 15 is 0 Å². The maximum atomic E-state index is 13.3. The normalized spacial score (nSPS) is 21.0. The van der Waals surface area contributed by atoms with Crippen LogP contribution < -0.4 is 10.1 Å². The minimum Gasteiger partial charge on any atom is -0.497 e. The summed E-state index contributed by atoms with van der Waals surface area (Å²) in [5, 5.41) is 6.19. The first-order valence-electron chi connectivity index (χ1n) is 11.9. The van der Waals surface area contributed by atoms with Gasteiger partial charge in [-0.3, -0.25) is 9.59 Å². The predicted molar refractivity (Wildman–Crippen MR) is 127 cm³/mol. The lowest BCUT2D eigenvalue weighted by atomic mass is 10.0. The summed E-state index contributed by atoms with van der Waals surface area (Å²) in [4.78, 5) is 43.1. The van der Waals surface area contributed by atoms with Crippen molar-refractivity contribution in [2.24, 2.45) is 0 Å². The number of hydrazine groups is 1. The SMILES string of the molecule is CCCC[C@H]1C(=O)N(CCCOC)CC2N1C(=O)CN(C)N2C(=O)NCc1ccc(OC)cc1. The molecule has 1 unspecified atom stereocenters. The fourth-order valence-electron chi connectivity index (χ4n) is 4.58. The summed E-state index contributed by atoms with van der Waals surface area (Å²) in [6, 6.07) is 6.62. The molecule has 10 heteroatoms. The third-order valence-corrected chi connectivity index (χ3v) is 6.36. The Morgan fingerprint density at radius 3 is 2.53 bits per heavy atom. The number of piperazine rings is 1. The van der Waals surface area contributed by atoms with Crippen molar-refractivity contribution in [2.45, 2.75) is 51.4 Å². The molecule has 1 N–H and O–H groups in total. The lowest BCUT2D eigenvalue weighted by Gasteiger charge is -2.54. The van der Waals surface area contributed by atoms with Gasteiger partial charge in [0.15, 0.2) is 0 Å². The monoisotopic (exact) mass is 475 g/mol. The second-order valence-electron chi connectivity index (χ2n) is 8.74. The first-order valence-corrected chi connectivity index (χ1v) is 11.9. The van der Waals surface area contributed by atoms with E-state index in [0.717, 1.165) is 24.2 Å². The molecule has 0 aliphatic carbocycles.